The molecule has 2 heterocycles. The lowest BCUT2D eigenvalue weighted by molar-refractivity contribution is 0.258. The second-order valence-corrected chi connectivity index (χ2v) is 6.01. The first-order valence-corrected chi connectivity index (χ1v) is 7.59. The van der Waals surface area contributed by atoms with Crippen molar-refractivity contribution in [2.24, 2.45) is 0 Å². The van der Waals surface area contributed by atoms with Crippen LogP contribution in [0.2, 0.25) is 0 Å². The number of para-hydroxylation sites is 1. The van der Waals surface area contributed by atoms with Crippen LogP contribution >= 0.6 is 11.8 Å². The van der Waals surface area contributed by atoms with Gasteiger partial charge in [-0.15, -0.1) is 0 Å². The van der Waals surface area contributed by atoms with Crippen LogP contribution in [0.15, 0.2) is 59.9 Å². The van der Waals surface area contributed by atoms with Crippen molar-refractivity contribution in [3.05, 3.63) is 60.6 Å². The smallest absolute Gasteiger partial charge is 0.180 e. The van der Waals surface area contributed by atoms with Gasteiger partial charge in [-0.3, -0.25) is 0 Å². The molecule has 1 aliphatic heterocycles. The van der Waals surface area contributed by atoms with E-state index < -0.39 is 5.56 Å². The molecule has 0 bridgehead atoms. The van der Waals surface area contributed by atoms with E-state index in [1.54, 1.807) is 6.33 Å². The van der Waals surface area contributed by atoms with Gasteiger partial charge in [-0.05, 0) is 23.8 Å². The third kappa shape index (κ3) is 2.14. The molecule has 0 fully saturated rings. The maximum Gasteiger partial charge on any atom is 0.180 e. The summed E-state index contributed by atoms with van der Waals surface area (Å²) < 4.78 is 0. The van der Waals surface area contributed by atoms with Gasteiger partial charge in [-0.2, -0.15) is 0 Å². The van der Waals surface area contributed by atoms with E-state index in [2.05, 4.69) is 16.0 Å². The molecule has 0 amide bonds. The minimum atomic E-state index is -0.553. The summed E-state index contributed by atoms with van der Waals surface area (Å²) in [5.74, 6) is 0. The molecule has 1 N–H and O–H groups in total. The Balaban J connectivity index is 1.75. The van der Waals surface area contributed by atoms with Crippen LogP contribution in [0, 0.1) is 0 Å². The predicted octanol–water partition coefficient (Wildman–Crippen LogP) is 3.02. The fourth-order valence-corrected chi connectivity index (χ4v) is 3.65. The third-order valence-corrected chi connectivity index (χ3v) is 4.72. The van der Waals surface area contributed by atoms with Gasteiger partial charge in [0.25, 0.3) is 0 Å². The molecule has 104 valence electrons. The van der Waals surface area contributed by atoms with Gasteiger partial charge in [0.05, 0.1) is 11.2 Å². The number of rotatable bonds is 2. The molecule has 1 atom stereocenters. The summed E-state index contributed by atoms with van der Waals surface area (Å²) in [6.45, 7) is 0.635. The quantitative estimate of drug-likeness (QED) is 0.787. The molecule has 3 aromatic rings. The van der Waals surface area contributed by atoms with Crippen LogP contribution in [-0.2, 0) is 6.54 Å². The summed E-state index contributed by atoms with van der Waals surface area (Å²) >= 11 is 1.47. The molecular weight excluding hydrogens is 282 g/mol. The number of aromatic nitrogens is 2. The van der Waals surface area contributed by atoms with E-state index in [9.17, 15) is 5.11 Å². The summed E-state index contributed by atoms with van der Waals surface area (Å²) in [7, 11) is 0. The molecule has 4 rings (SSSR count). The Labute approximate surface area is 126 Å². The maximum absolute atomic E-state index is 10.3. The van der Waals surface area contributed by atoms with Gasteiger partial charge >= 0.3 is 0 Å². The van der Waals surface area contributed by atoms with Crippen LogP contribution in [0.25, 0.3) is 10.9 Å². The van der Waals surface area contributed by atoms with Crippen molar-refractivity contribution in [1.29, 1.82) is 0 Å². The second kappa shape index (κ2) is 5.02. The summed E-state index contributed by atoms with van der Waals surface area (Å²) in [6, 6.07) is 14.1. The Morgan fingerprint density at radius 3 is 3.00 bits per heavy atom. The molecular formula is C16H13N3OS. The Morgan fingerprint density at radius 1 is 1.14 bits per heavy atom. The Kier molecular flexibility index (Phi) is 3.02. The molecule has 4 nitrogen and oxygen atoms in total. The molecule has 0 radical (unpaired) electrons. The average molecular weight is 295 g/mol. The summed E-state index contributed by atoms with van der Waals surface area (Å²) in [5, 5.41) is 11.3. The number of thioether (sulfide) groups is 1. The van der Waals surface area contributed by atoms with Gasteiger partial charge in [-0.25, -0.2) is 9.97 Å². The molecule has 0 saturated heterocycles. The number of hydrogen-bond acceptors (Lipinski definition) is 5. The standard InChI is InChI=1S/C16H13N3OS/c20-16-19(14-6-1-2-7-15(14)21-16)9-11-4-3-5-13-12(11)8-17-10-18-13/h1-8,10,16,20H,9H2. The van der Waals surface area contributed by atoms with Crippen LogP contribution in [0.4, 0.5) is 5.69 Å². The van der Waals surface area contributed by atoms with E-state index in [4.69, 9.17) is 0 Å². The van der Waals surface area contributed by atoms with Crippen LogP contribution < -0.4 is 4.90 Å². The second-order valence-electron chi connectivity index (χ2n) is 4.91. The zero-order chi connectivity index (χ0) is 14.2. The molecule has 21 heavy (non-hydrogen) atoms. The topological polar surface area (TPSA) is 49.2 Å². The van der Waals surface area contributed by atoms with E-state index in [1.807, 2.05) is 47.5 Å². The number of nitrogens with zero attached hydrogens (tertiary/aromatic N) is 3. The summed E-state index contributed by atoms with van der Waals surface area (Å²) in [4.78, 5) is 11.5. The van der Waals surface area contributed by atoms with Gasteiger partial charge in [0.15, 0.2) is 5.56 Å². The Morgan fingerprint density at radius 2 is 2.05 bits per heavy atom. The molecule has 0 aliphatic carbocycles. The molecule has 1 aromatic heterocycles. The highest BCUT2D eigenvalue weighted by molar-refractivity contribution is 8.00. The first-order valence-electron chi connectivity index (χ1n) is 6.71. The first kappa shape index (κ1) is 12.6. The minimum absolute atomic E-state index is 0.553. The SMILES string of the molecule is OC1Sc2ccccc2N1Cc1cccc2ncncc12. The van der Waals surface area contributed by atoms with Gasteiger partial charge in [0, 0.05) is 23.0 Å². The van der Waals surface area contributed by atoms with E-state index >= 15 is 0 Å². The highest BCUT2D eigenvalue weighted by atomic mass is 32.2. The molecule has 2 aromatic carbocycles. The number of aliphatic hydroxyl groups is 1. The monoisotopic (exact) mass is 295 g/mol. The van der Waals surface area contributed by atoms with Gasteiger partial charge in [-0.1, -0.05) is 36.0 Å². The van der Waals surface area contributed by atoms with Crippen molar-refractivity contribution in [3.63, 3.8) is 0 Å². The zero-order valence-corrected chi connectivity index (χ0v) is 12.0. The molecule has 1 unspecified atom stereocenters. The minimum Gasteiger partial charge on any atom is -0.364 e. The lowest BCUT2D eigenvalue weighted by Gasteiger charge is -2.23. The van der Waals surface area contributed by atoms with Crippen molar-refractivity contribution < 1.29 is 5.11 Å². The number of hydrogen-bond donors (Lipinski definition) is 1. The Hall–Kier alpha value is -2.11. The van der Waals surface area contributed by atoms with Crippen molar-refractivity contribution in [3.8, 4) is 0 Å². The van der Waals surface area contributed by atoms with E-state index in [0.717, 1.165) is 27.0 Å². The van der Waals surface area contributed by atoms with Crippen LogP contribution in [0.3, 0.4) is 0 Å². The zero-order valence-electron chi connectivity index (χ0n) is 11.2. The lowest BCUT2D eigenvalue weighted by atomic mass is 10.1. The van der Waals surface area contributed by atoms with Crippen LogP contribution in [-0.4, -0.2) is 20.6 Å². The van der Waals surface area contributed by atoms with Gasteiger partial charge in [0.1, 0.15) is 6.33 Å². The fraction of sp³-hybridized carbons (Fsp3) is 0.125. The molecule has 0 saturated carbocycles. The highest BCUT2D eigenvalue weighted by Gasteiger charge is 2.28. The number of benzene rings is 2. The summed E-state index contributed by atoms with van der Waals surface area (Å²) in [5.41, 5.74) is 2.56. The fourth-order valence-electron chi connectivity index (χ4n) is 2.64. The Bertz CT molecular complexity index is 803. The van der Waals surface area contributed by atoms with Crippen LogP contribution in [0.5, 0.6) is 0 Å². The molecule has 0 spiro atoms. The van der Waals surface area contributed by atoms with Crippen molar-refractivity contribution >= 4 is 28.4 Å². The number of fused-ring (bicyclic) bond motifs is 2. The molecule has 5 heteroatoms. The highest BCUT2D eigenvalue weighted by Crippen LogP contribution is 2.43. The maximum atomic E-state index is 10.3. The van der Waals surface area contributed by atoms with Crippen molar-refractivity contribution in [2.75, 3.05) is 4.90 Å². The largest absolute Gasteiger partial charge is 0.364 e. The number of aliphatic hydroxyl groups excluding tert-OH is 1. The summed E-state index contributed by atoms with van der Waals surface area (Å²) in [6.07, 6.45) is 3.39. The predicted molar refractivity (Wildman–Crippen MR) is 84.0 cm³/mol. The molecule has 1 aliphatic rings. The number of anilines is 1. The van der Waals surface area contributed by atoms with E-state index in [0.29, 0.717) is 6.54 Å². The van der Waals surface area contributed by atoms with Crippen LogP contribution in [0.1, 0.15) is 5.56 Å². The van der Waals surface area contributed by atoms with Crippen molar-refractivity contribution in [1.82, 2.24) is 9.97 Å². The third-order valence-electron chi connectivity index (χ3n) is 3.65. The van der Waals surface area contributed by atoms with Crippen molar-refractivity contribution in [2.45, 2.75) is 17.0 Å². The first-order chi connectivity index (χ1) is 10.3. The van der Waals surface area contributed by atoms with Gasteiger partial charge < -0.3 is 10.0 Å². The average Bonchev–Trinajstić information content (AvgIpc) is 2.84. The van der Waals surface area contributed by atoms with E-state index in [1.165, 1.54) is 11.8 Å². The normalized spacial score (nSPS) is 17.2. The van der Waals surface area contributed by atoms with Gasteiger partial charge in [0.2, 0.25) is 0 Å². The van der Waals surface area contributed by atoms with E-state index in [-0.39, 0.29) is 0 Å². The lowest BCUT2D eigenvalue weighted by Crippen LogP contribution is -2.28.